The van der Waals surface area contributed by atoms with Crippen LogP contribution < -0.4 is 10.3 Å². The number of nitrogens with zero attached hydrogens (tertiary/aromatic N) is 5. The van der Waals surface area contributed by atoms with E-state index in [2.05, 4.69) is 32.7 Å². The minimum absolute atomic E-state index is 0.0190. The van der Waals surface area contributed by atoms with Crippen molar-refractivity contribution in [3.05, 3.63) is 78.4 Å². The van der Waals surface area contributed by atoms with Gasteiger partial charge in [-0.25, -0.2) is 0 Å². The Labute approximate surface area is 163 Å². The van der Waals surface area contributed by atoms with E-state index in [0.717, 1.165) is 11.3 Å². The second kappa shape index (κ2) is 7.64. The lowest BCUT2D eigenvalue weighted by atomic mass is 10.0. The number of benzene rings is 2. The summed E-state index contributed by atoms with van der Waals surface area (Å²) in [5, 5.41) is 17.5. The molecule has 0 unspecified atom stereocenters. The molecule has 4 rings (SSSR count). The lowest BCUT2D eigenvalue weighted by Crippen LogP contribution is -2.33. The van der Waals surface area contributed by atoms with Crippen molar-refractivity contribution >= 4 is 17.3 Å². The third-order valence-electron chi connectivity index (χ3n) is 4.86. The summed E-state index contributed by atoms with van der Waals surface area (Å²) in [7, 11) is 1.85. The van der Waals surface area contributed by atoms with E-state index in [9.17, 15) is 4.79 Å². The molecule has 2 heterocycles. The predicted octanol–water partition coefficient (Wildman–Crippen LogP) is 3.00. The Morgan fingerprint density at radius 2 is 1.79 bits per heavy atom. The number of aromatic nitrogens is 3. The Morgan fingerprint density at radius 3 is 2.43 bits per heavy atom. The standard InChI is InChI=1S/C21H22N6O/c1-15(20-24-22-14-26(20)2)23-21(28)18-13-19(16-9-5-3-6-10-16)27(25-18)17-11-7-4-8-12-17/h3-12,14-15,19H,13H2,1-2H3,(H,23,28)/t15-,19-/m0/s1. The van der Waals surface area contributed by atoms with E-state index < -0.39 is 0 Å². The summed E-state index contributed by atoms with van der Waals surface area (Å²) in [5.41, 5.74) is 2.59. The summed E-state index contributed by atoms with van der Waals surface area (Å²) in [5.74, 6) is 0.515. The van der Waals surface area contributed by atoms with E-state index in [4.69, 9.17) is 0 Å². The molecule has 7 heteroatoms. The largest absolute Gasteiger partial charge is 0.341 e. The van der Waals surface area contributed by atoms with Crippen LogP contribution >= 0.6 is 0 Å². The van der Waals surface area contributed by atoms with Crippen molar-refractivity contribution in [3.8, 4) is 0 Å². The van der Waals surface area contributed by atoms with Crippen LogP contribution in [0.3, 0.4) is 0 Å². The maximum absolute atomic E-state index is 12.9. The molecule has 1 aliphatic rings. The van der Waals surface area contributed by atoms with Crippen molar-refractivity contribution in [1.29, 1.82) is 0 Å². The molecule has 1 amide bonds. The summed E-state index contributed by atoms with van der Waals surface area (Å²) in [6, 6.07) is 19.8. The fraction of sp³-hybridized carbons (Fsp3) is 0.238. The number of para-hydroxylation sites is 1. The lowest BCUT2D eigenvalue weighted by Gasteiger charge is -2.23. The van der Waals surface area contributed by atoms with Crippen LogP contribution in [0.15, 0.2) is 72.1 Å². The van der Waals surface area contributed by atoms with Gasteiger partial charge in [-0.2, -0.15) is 5.10 Å². The molecule has 0 spiro atoms. The van der Waals surface area contributed by atoms with Gasteiger partial charge < -0.3 is 9.88 Å². The molecule has 2 atom stereocenters. The van der Waals surface area contributed by atoms with Crippen LogP contribution in [0.2, 0.25) is 0 Å². The number of aryl methyl sites for hydroxylation is 1. The van der Waals surface area contributed by atoms with Gasteiger partial charge in [0.15, 0.2) is 5.82 Å². The maximum Gasteiger partial charge on any atom is 0.268 e. The van der Waals surface area contributed by atoms with Crippen molar-refractivity contribution in [2.45, 2.75) is 25.4 Å². The Hall–Kier alpha value is -3.48. The average Bonchev–Trinajstić information content (AvgIpc) is 3.36. The fourth-order valence-electron chi connectivity index (χ4n) is 3.43. The summed E-state index contributed by atoms with van der Waals surface area (Å²) in [6.07, 6.45) is 2.16. The highest BCUT2D eigenvalue weighted by Crippen LogP contribution is 2.35. The first-order valence-corrected chi connectivity index (χ1v) is 9.25. The second-order valence-electron chi connectivity index (χ2n) is 6.85. The highest BCUT2D eigenvalue weighted by Gasteiger charge is 2.33. The summed E-state index contributed by atoms with van der Waals surface area (Å²) < 4.78 is 1.80. The number of hydrazone groups is 1. The molecular weight excluding hydrogens is 352 g/mol. The predicted molar refractivity (Wildman–Crippen MR) is 108 cm³/mol. The van der Waals surface area contributed by atoms with Crippen LogP contribution in [0.1, 0.15) is 36.8 Å². The monoisotopic (exact) mass is 374 g/mol. The first kappa shape index (κ1) is 17.9. The number of hydrogen-bond acceptors (Lipinski definition) is 5. The second-order valence-corrected chi connectivity index (χ2v) is 6.85. The van der Waals surface area contributed by atoms with Crippen LogP contribution in [-0.2, 0) is 11.8 Å². The van der Waals surface area contributed by atoms with Gasteiger partial charge in [-0.05, 0) is 24.6 Å². The minimum atomic E-state index is -0.261. The zero-order chi connectivity index (χ0) is 19.5. The number of carbonyl (C=O) groups is 1. The quantitative estimate of drug-likeness (QED) is 0.745. The molecule has 142 valence electrons. The molecule has 0 saturated heterocycles. The zero-order valence-corrected chi connectivity index (χ0v) is 15.9. The van der Waals surface area contributed by atoms with Crippen LogP contribution in [0.4, 0.5) is 5.69 Å². The number of carbonyl (C=O) groups excluding carboxylic acids is 1. The number of rotatable bonds is 5. The molecule has 1 aliphatic heterocycles. The van der Waals surface area contributed by atoms with Gasteiger partial charge in [0.2, 0.25) is 0 Å². The third kappa shape index (κ3) is 3.51. The highest BCUT2D eigenvalue weighted by atomic mass is 16.2. The number of nitrogens with one attached hydrogen (secondary N) is 1. The SMILES string of the molecule is C[C@H](NC(=O)C1=NN(c2ccccc2)[C@H](c2ccccc2)C1)c1nncn1C. The number of hydrogen-bond donors (Lipinski definition) is 1. The number of anilines is 1. The average molecular weight is 374 g/mol. The van der Waals surface area contributed by atoms with Gasteiger partial charge in [-0.3, -0.25) is 9.80 Å². The summed E-state index contributed by atoms with van der Waals surface area (Å²) in [4.78, 5) is 12.9. The van der Waals surface area contributed by atoms with Crippen molar-refractivity contribution in [2.24, 2.45) is 12.1 Å². The topological polar surface area (TPSA) is 75.4 Å². The van der Waals surface area contributed by atoms with Crippen molar-refractivity contribution in [1.82, 2.24) is 20.1 Å². The smallest absolute Gasteiger partial charge is 0.268 e. The van der Waals surface area contributed by atoms with Crippen LogP contribution in [0.25, 0.3) is 0 Å². The molecule has 1 aromatic heterocycles. The lowest BCUT2D eigenvalue weighted by molar-refractivity contribution is -0.115. The fourth-order valence-corrected chi connectivity index (χ4v) is 3.43. The maximum atomic E-state index is 12.9. The molecule has 2 aromatic carbocycles. The van der Waals surface area contributed by atoms with Gasteiger partial charge in [0, 0.05) is 13.5 Å². The van der Waals surface area contributed by atoms with E-state index in [0.29, 0.717) is 18.0 Å². The first-order valence-electron chi connectivity index (χ1n) is 9.25. The van der Waals surface area contributed by atoms with Gasteiger partial charge in [-0.1, -0.05) is 48.5 Å². The van der Waals surface area contributed by atoms with Gasteiger partial charge >= 0.3 is 0 Å². The Kier molecular flexibility index (Phi) is 4.89. The van der Waals surface area contributed by atoms with Gasteiger partial charge in [0.1, 0.15) is 12.0 Å². The Bertz CT molecular complexity index is 982. The van der Waals surface area contributed by atoms with E-state index in [1.807, 2.05) is 67.5 Å². The molecule has 0 saturated carbocycles. The normalized spacial score (nSPS) is 17.3. The molecule has 0 bridgehead atoms. The highest BCUT2D eigenvalue weighted by molar-refractivity contribution is 6.39. The molecule has 0 radical (unpaired) electrons. The van der Waals surface area contributed by atoms with E-state index in [1.165, 1.54) is 0 Å². The van der Waals surface area contributed by atoms with Gasteiger partial charge in [-0.15, -0.1) is 10.2 Å². The molecule has 1 N–H and O–H groups in total. The van der Waals surface area contributed by atoms with E-state index in [-0.39, 0.29) is 18.0 Å². The van der Waals surface area contributed by atoms with Gasteiger partial charge in [0.25, 0.3) is 5.91 Å². The minimum Gasteiger partial charge on any atom is -0.341 e. The third-order valence-corrected chi connectivity index (χ3v) is 4.86. The van der Waals surface area contributed by atoms with E-state index in [1.54, 1.807) is 10.9 Å². The summed E-state index contributed by atoms with van der Waals surface area (Å²) in [6.45, 7) is 1.89. The van der Waals surface area contributed by atoms with E-state index >= 15 is 0 Å². The molecule has 3 aromatic rings. The zero-order valence-electron chi connectivity index (χ0n) is 15.9. The van der Waals surface area contributed by atoms with Crippen molar-refractivity contribution < 1.29 is 4.79 Å². The van der Waals surface area contributed by atoms with Crippen molar-refractivity contribution in [2.75, 3.05) is 5.01 Å². The van der Waals surface area contributed by atoms with Gasteiger partial charge in [0.05, 0.1) is 17.8 Å². The molecule has 0 aliphatic carbocycles. The number of amides is 1. The molecular formula is C21H22N6O. The summed E-state index contributed by atoms with van der Waals surface area (Å²) >= 11 is 0. The van der Waals surface area contributed by atoms with Crippen LogP contribution in [-0.4, -0.2) is 26.4 Å². The van der Waals surface area contributed by atoms with Crippen LogP contribution in [0.5, 0.6) is 0 Å². The molecule has 28 heavy (non-hydrogen) atoms. The van der Waals surface area contributed by atoms with Crippen LogP contribution in [0, 0.1) is 0 Å². The molecule has 7 nitrogen and oxygen atoms in total. The Balaban J connectivity index is 1.58. The Morgan fingerprint density at radius 1 is 1.11 bits per heavy atom. The first-order chi connectivity index (χ1) is 13.6. The molecule has 0 fully saturated rings. The van der Waals surface area contributed by atoms with Crippen molar-refractivity contribution in [3.63, 3.8) is 0 Å².